The number of fused-ring (bicyclic) bond motifs is 1. The third-order valence-corrected chi connectivity index (χ3v) is 4.35. The van der Waals surface area contributed by atoms with Crippen LogP contribution >= 0.6 is 11.3 Å². The van der Waals surface area contributed by atoms with Crippen LogP contribution < -0.4 is 4.87 Å². The van der Waals surface area contributed by atoms with Crippen LogP contribution in [0.1, 0.15) is 15.2 Å². The van der Waals surface area contributed by atoms with Crippen molar-refractivity contribution in [3.63, 3.8) is 0 Å². The van der Waals surface area contributed by atoms with E-state index < -0.39 is 5.97 Å². The maximum atomic E-state index is 11.8. The first kappa shape index (κ1) is 13.6. The summed E-state index contributed by atoms with van der Waals surface area (Å²) < 4.78 is 4.75. The first-order valence-electron chi connectivity index (χ1n) is 6.42. The first-order chi connectivity index (χ1) is 10.1. The lowest BCUT2D eigenvalue weighted by Gasteiger charge is -2.09. The second-order valence-electron chi connectivity index (χ2n) is 4.67. The Kier molecular flexibility index (Phi) is 3.35. The van der Waals surface area contributed by atoms with Crippen LogP contribution in [0.5, 0.6) is 0 Å². The second kappa shape index (κ2) is 5.18. The largest absolute Gasteiger partial charge is 0.465 e. The van der Waals surface area contributed by atoms with Crippen LogP contribution in [0, 0.1) is 6.92 Å². The molecular formula is C16H13NO3S. The zero-order chi connectivity index (χ0) is 15.0. The van der Waals surface area contributed by atoms with Crippen LogP contribution in [0.4, 0.5) is 0 Å². The van der Waals surface area contributed by atoms with Gasteiger partial charge < -0.3 is 9.72 Å². The molecule has 1 aromatic heterocycles. The lowest BCUT2D eigenvalue weighted by Crippen LogP contribution is -2.01. The van der Waals surface area contributed by atoms with E-state index in [1.807, 2.05) is 43.3 Å². The van der Waals surface area contributed by atoms with Gasteiger partial charge in [0.05, 0.1) is 12.8 Å². The van der Waals surface area contributed by atoms with Crippen molar-refractivity contribution in [3.05, 3.63) is 56.5 Å². The first-order valence-corrected chi connectivity index (χ1v) is 7.23. The van der Waals surface area contributed by atoms with Gasteiger partial charge in [0.1, 0.15) is 4.88 Å². The van der Waals surface area contributed by atoms with Crippen molar-refractivity contribution in [1.82, 2.24) is 4.98 Å². The number of benzene rings is 2. The highest BCUT2D eigenvalue weighted by Crippen LogP contribution is 2.31. The fourth-order valence-corrected chi connectivity index (χ4v) is 3.22. The number of hydrogen-bond donors (Lipinski definition) is 1. The molecule has 0 saturated carbocycles. The van der Waals surface area contributed by atoms with E-state index in [-0.39, 0.29) is 4.87 Å². The van der Waals surface area contributed by atoms with Gasteiger partial charge in [-0.05, 0) is 23.3 Å². The monoisotopic (exact) mass is 299 g/mol. The van der Waals surface area contributed by atoms with E-state index in [1.54, 1.807) is 0 Å². The van der Waals surface area contributed by atoms with Crippen molar-refractivity contribution in [2.75, 3.05) is 7.11 Å². The van der Waals surface area contributed by atoms with Gasteiger partial charge in [0.15, 0.2) is 0 Å². The molecule has 4 nitrogen and oxygen atoms in total. The Balaban J connectivity index is 2.28. The van der Waals surface area contributed by atoms with Crippen LogP contribution in [0.2, 0.25) is 0 Å². The SMILES string of the molecule is COC(=O)c1sc(=O)[nH]c1-c1ccc2ccccc2c1C. The predicted octanol–water partition coefficient (Wildman–Crippen LogP) is 3.35. The van der Waals surface area contributed by atoms with Gasteiger partial charge in [-0.1, -0.05) is 47.7 Å². The lowest BCUT2D eigenvalue weighted by molar-refractivity contribution is 0.0607. The smallest absolute Gasteiger partial charge is 0.350 e. The van der Waals surface area contributed by atoms with E-state index in [4.69, 9.17) is 4.74 Å². The molecule has 5 heteroatoms. The Morgan fingerprint density at radius 2 is 1.95 bits per heavy atom. The molecule has 0 saturated heterocycles. The van der Waals surface area contributed by atoms with Gasteiger partial charge in [0.25, 0.3) is 0 Å². The van der Waals surface area contributed by atoms with Crippen molar-refractivity contribution in [3.8, 4) is 11.3 Å². The molecule has 0 radical (unpaired) electrons. The molecular weight excluding hydrogens is 286 g/mol. The Morgan fingerprint density at radius 3 is 2.71 bits per heavy atom. The van der Waals surface area contributed by atoms with Gasteiger partial charge in [0.2, 0.25) is 0 Å². The number of nitrogens with one attached hydrogen (secondary N) is 1. The van der Waals surface area contributed by atoms with E-state index in [1.165, 1.54) is 7.11 Å². The standard InChI is InChI=1S/C16H13NO3S/c1-9-11-6-4-3-5-10(11)7-8-12(9)13-14(15(18)20-2)21-16(19)17-13/h3-8H,1-2H3,(H,17,19). The summed E-state index contributed by atoms with van der Waals surface area (Å²) in [6.07, 6.45) is 0. The Bertz CT molecular complexity index is 892. The van der Waals surface area contributed by atoms with Gasteiger partial charge in [-0.2, -0.15) is 0 Å². The van der Waals surface area contributed by atoms with Gasteiger partial charge in [0, 0.05) is 5.56 Å². The molecule has 0 atom stereocenters. The van der Waals surface area contributed by atoms with Crippen LogP contribution in [0.3, 0.4) is 0 Å². The number of aromatic amines is 1. The van der Waals surface area contributed by atoms with Gasteiger partial charge >= 0.3 is 10.8 Å². The topological polar surface area (TPSA) is 59.2 Å². The average Bonchev–Trinajstić information content (AvgIpc) is 2.89. The number of esters is 1. The number of H-pyrrole nitrogens is 1. The van der Waals surface area contributed by atoms with Crippen LogP contribution in [-0.2, 0) is 4.74 Å². The molecule has 0 aliphatic carbocycles. The fraction of sp³-hybridized carbons (Fsp3) is 0.125. The molecule has 0 spiro atoms. The van der Waals surface area contributed by atoms with E-state index in [0.29, 0.717) is 10.6 Å². The maximum Gasteiger partial charge on any atom is 0.350 e. The number of carbonyl (C=O) groups is 1. The van der Waals surface area contributed by atoms with Crippen molar-refractivity contribution >= 4 is 28.1 Å². The number of methoxy groups -OCH3 is 1. The summed E-state index contributed by atoms with van der Waals surface area (Å²) in [6, 6.07) is 11.9. The minimum Gasteiger partial charge on any atom is -0.465 e. The third-order valence-electron chi connectivity index (χ3n) is 3.49. The van der Waals surface area contributed by atoms with E-state index >= 15 is 0 Å². The van der Waals surface area contributed by atoms with E-state index in [2.05, 4.69) is 4.98 Å². The Labute approximate surface area is 125 Å². The molecule has 0 bridgehead atoms. The van der Waals surface area contributed by atoms with Crippen molar-refractivity contribution in [2.24, 2.45) is 0 Å². The molecule has 1 heterocycles. The van der Waals surface area contributed by atoms with E-state index in [0.717, 1.165) is 33.2 Å². The summed E-state index contributed by atoms with van der Waals surface area (Å²) in [6.45, 7) is 1.98. The molecule has 0 fully saturated rings. The van der Waals surface area contributed by atoms with E-state index in [9.17, 15) is 9.59 Å². The summed E-state index contributed by atoms with van der Waals surface area (Å²) in [5, 5.41) is 2.22. The second-order valence-corrected chi connectivity index (χ2v) is 5.65. The third kappa shape index (κ3) is 2.25. The molecule has 0 aliphatic rings. The molecule has 21 heavy (non-hydrogen) atoms. The minimum absolute atomic E-state index is 0.266. The fourth-order valence-electron chi connectivity index (χ4n) is 2.45. The number of ether oxygens (including phenoxy) is 1. The highest BCUT2D eigenvalue weighted by molar-refractivity contribution is 7.11. The normalized spacial score (nSPS) is 10.8. The number of carbonyl (C=O) groups excluding carboxylic acids is 1. The molecule has 1 N–H and O–H groups in total. The quantitative estimate of drug-likeness (QED) is 0.738. The molecule has 0 amide bonds. The zero-order valence-corrected chi connectivity index (χ0v) is 12.4. The van der Waals surface area contributed by atoms with Gasteiger partial charge in [-0.15, -0.1) is 0 Å². The number of thiazole rings is 1. The van der Waals surface area contributed by atoms with Crippen molar-refractivity contribution in [1.29, 1.82) is 0 Å². The number of rotatable bonds is 2. The number of aryl methyl sites for hydroxylation is 1. The molecule has 2 aromatic carbocycles. The lowest BCUT2D eigenvalue weighted by atomic mass is 9.98. The maximum absolute atomic E-state index is 11.8. The van der Waals surface area contributed by atoms with Crippen LogP contribution in [0.15, 0.2) is 41.2 Å². The highest BCUT2D eigenvalue weighted by Gasteiger charge is 2.19. The molecule has 0 unspecified atom stereocenters. The molecule has 3 rings (SSSR count). The average molecular weight is 299 g/mol. The predicted molar refractivity (Wildman–Crippen MR) is 84.0 cm³/mol. The van der Waals surface area contributed by atoms with Crippen molar-refractivity contribution in [2.45, 2.75) is 6.92 Å². The molecule has 0 aliphatic heterocycles. The summed E-state index contributed by atoms with van der Waals surface area (Å²) in [5.41, 5.74) is 2.39. The van der Waals surface area contributed by atoms with Crippen LogP contribution in [-0.4, -0.2) is 18.1 Å². The van der Waals surface area contributed by atoms with Crippen molar-refractivity contribution < 1.29 is 9.53 Å². The summed E-state index contributed by atoms with van der Waals surface area (Å²) in [7, 11) is 1.31. The summed E-state index contributed by atoms with van der Waals surface area (Å²) >= 11 is 0.870. The van der Waals surface area contributed by atoms with Crippen LogP contribution in [0.25, 0.3) is 22.0 Å². The Morgan fingerprint density at radius 1 is 1.19 bits per heavy atom. The summed E-state index contributed by atoms with van der Waals surface area (Å²) in [4.78, 5) is 26.2. The molecule has 3 aromatic rings. The Hall–Kier alpha value is -2.40. The molecule has 106 valence electrons. The number of aromatic nitrogens is 1. The minimum atomic E-state index is -0.499. The van der Waals surface area contributed by atoms with Gasteiger partial charge in [-0.25, -0.2) is 4.79 Å². The summed E-state index contributed by atoms with van der Waals surface area (Å²) in [5.74, 6) is -0.499. The zero-order valence-electron chi connectivity index (χ0n) is 11.6. The van der Waals surface area contributed by atoms with Gasteiger partial charge in [-0.3, -0.25) is 4.79 Å². The number of hydrogen-bond acceptors (Lipinski definition) is 4. The highest BCUT2D eigenvalue weighted by atomic mass is 32.1.